The second kappa shape index (κ2) is 5.56. The van der Waals surface area contributed by atoms with E-state index in [-0.39, 0.29) is 17.1 Å². The fourth-order valence-electron chi connectivity index (χ4n) is 2.17. The fraction of sp³-hybridized carbons (Fsp3) is 0.133. The largest absolute Gasteiger partial charge is 0.417 e. The van der Waals surface area contributed by atoms with Gasteiger partial charge in [-0.05, 0) is 36.2 Å². The highest BCUT2D eigenvalue weighted by Crippen LogP contribution is 2.23. The summed E-state index contributed by atoms with van der Waals surface area (Å²) in [5, 5.41) is 9.17. The van der Waals surface area contributed by atoms with Gasteiger partial charge in [0.25, 0.3) is 10.0 Å². The van der Waals surface area contributed by atoms with E-state index in [1.54, 1.807) is 25.1 Å². The Morgan fingerprint density at radius 3 is 2.74 bits per heavy atom. The number of aryl methyl sites for hydroxylation is 1. The summed E-state index contributed by atoms with van der Waals surface area (Å²) in [4.78, 5) is 13.6. The normalized spacial score (nSPS) is 11.7. The lowest BCUT2D eigenvalue weighted by atomic mass is 10.1. The summed E-state index contributed by atoms with van der Waals surface area (Å²) < 4.78 is 32.4. The van der Waals surface area contributed by atoms with E-state index >= 15 is 0 Å². The van der Waals surface area contributed by atoms with Gasteiger partial charge >= 0.3 is 5.76 Å². The number of nitrogens with one attached hydrogen (secondary N) is 2. The third kappa shape index (κ3) is 2.99. The maximum atomic E-state index is 12.5. The molecular weight excluding hydrogens is 320 g/mol. The van der Waals surface area contributed by atoms with Crippen LogP contribution in [0.15, 0.2) is 50.5 Å². The van der Waals surface area contributed by atoms with E-state index in [4.69, 9.17) is 9.52 Å². The minimum Gasteiger partial charge on any atom is -0.408 e. The van der Waals surface area contributed by atoms with Gasteiger partial charge in [0.2, 0.25) is 0 Å². The first-order chi connectivity index (χ1) is 10.9. The topological polar surface area (TPSA) is 112 Å². The quantitative estimate of drug-likeness (QED) is 0.672. The van der Waals surface area contributed by atoms with E-state index in [0.717, 1.165) is 5.56 Å². The highest BCUT2D eigenvalue weighted by atomic mass is 32.2. The molecule has 2 aromatic carbocycles. The average molecular weight is 334 g/mol. The first-order valence-corrected chi connectivity index (χ1v) is 8.23. The van der Waals surface area contributed by atoms with Crippen LogP contribution in [0.4, 0.5) is 5.69 Å². The van der Waals surface area contributed by atoms with Crippen molar-refractivity contribution in [3.8, 4) is 0 Å². The van der Waals surface area contributed by atoms with Crippen LogP contribution < -0.4 is 10.5 Å². The van der Waals surface area contributed by atoms with Crippen LogP contribution in [0, 0.1) is 6.92 Å². The Labute approximate surface area is 131 Å². The molecule has 8 heteroatoms. The van der Waals surface area contributed by atoms with E-state index in [0.29, 0.717) is 16.8 Å². The maximum Gasteiger partial charge on any atom is 0.417 e. The molecule has 0 amide bonds. The molecule has 0 aliphatic carbocycles. The van der Waals surface area contributed by atoms with Crippen molar-refractivity contribution >= 4 is 26.8 Å². The molecule has 0 aliphatic heterocycles. The molecule has 0 spiro atoms. The standard InChI is InChI=1S/C15H14N2O5S/c1-9-2-3-10(8-18)6-13(9)17-23(20,21)11-4-5-12-14(7-11)22-15(19)16-12/h2-7,17-18H,8H2,1H3,(H,16,19). The Morgan fingerprint density at radius 1 is 1.22 bits per heavy atom. The highest BCUT2D eigenvalue weighted by molar-refractivity contribution is 7.92. The third-order valence-electron chi connectivity index (χ3n) is 3.43. The summed E-state index contributed by atoms with van der Waals surface area (Å²) in [7, 11) is -3.85. The van der Waals surface area contributed by atoms with Crippen LogP contribution in [0.2, 0.25) is 0 Å². The smallest absolute Gasteiger partial charge is 0.408 e. The van der Waals surface area contributed by atoms with Crippen molar-refractivity contribution in [1.29, 1.82) is 0 Å². The van der Waals surface area contributed by atoms with Crippen molar-refractivity contribution in [3.05, 3.63) is 58.1 Å². The summed E-state index contributed by atoms with van der Waals surface area (Å²) in [5.74, 6) is -0.644. The fourth-order valence-corrected chi connectivity index (χ4v) is 3.31. The zero-order valence-electron chi connectivity index (χ0n) is 12.2. The molecule has 1 heterocycles. The van der Waals surface area contributed by atoms with Gasteiger partial charge in [-0.25, -0.2) is 13.2 Å². The summed E-state index contributed by atoms with van der Waals surface area (Å²) in [6, 6.07) is 9.13. The molecule has 0 bridgehead atoms. The van der Waals surface area contributed by atoms with Gasteiger partial charge in [0, 0.05) is 6.07 Å². The van der Waals surface area contributed by atoms with Gasteiger partial charge in [0.05, 0.1) is 22.7 Å². The summed E-state index contributed by atoms with van der Waals surface area (Å²) in [6.07, 6.45) is 0. The van der Waals surface area contributed by atoms with Crippen molar-refractivity contribution in [3.63, 3.8) is 0 Å². The molecule has 0 unspecified atom stereocenters. The Morgan fingerprint density at radius 2 is 2.00 bits per heavy atom. The number of aliphatic hydroxyl groups is 1. The molecule has 0 saturated carbocycles. The average Bonchev–Trinajstić information content (AvgIpc) is 2.88. The van der Waals surface area contributed by atoms with Crippen molar-refractivity contribution in [2.24, 2.45) is 0 Å². The van der Waals surface area contributed by atoms with E-state index in [1.807, 2.05) is 0 Å². The van der Waals surface area contributed by atoms with E-state index in [1.165, 1.54) is 18.2 Å². The molecule has 120 valence electrons. The third-order valence-corrected chi connectivity index (χ3v) is 4.79. The number of fused-ring (bicyclic) bond motifs is 1. The first kappa shape index (κ1) is 15.3. The van der Waals surface area contributed by atoms with Crippen LogP contribution in [-0.4, -0.2) is 18.5 Å². The number of oxazole rings is 1. The minimum absolute atomic E-state index is 0.0263. The predicted molar refractivity (Wildman–Crippen MR) is 84.7 cm³/mol. The van der Waals surface area contributed by atoms with Crippen molar-refractivity contribution in [2.45, 2.75) is 18.4 Å². The van der Waals surface area contributed by atoms with Crippen LogP contribution in [0.25, 0.3) is 11.1 Å². The molecule has 0 atom stereocenters. The second-order valence-corrected chi connectivity index (χ2v) is 6.77. The van der Waals surface area contributed by atoms with E-state index < -0.39 is 15.8 Å². The molecule has 1 aromatic heterocycles. The maximum absolute atomic E-state index is 12.5. The summed E-state index contributed by atoms with van der Waals surface area (Å²) in [5.41, 5.74) is 2.29. The molecule has 0 radical (unpaired) electrons. The Kier molecular flexibility index (Phi) is 3.70. The van der Waals surface area contributed by atoms with Gasteiger partial charge in [0.15, 0.2) is 5.58 Å². The molecule has 7 nitrogen and oxygen atoms in total. The van der Waals surface area contributed by atoms with Crippen LogP contribution in [0.3, 0.4) is 0 Å². The Hall–Kier alpha value is -2.58. The number of H-pyrrole nitrogens is 1. The number of hydrogen-bond acceptors (Lipinski definition) is 5. The van der Waals surface area contributed by atoms with Crippen LogP contribution in [0.1, 0.15) is 11.1 Å². The number of benzene rings is 2. The molecule has 23 heavy (non-hydrogen) atoms. The number of sulfonamides is 1. The molecule has 3 aromatic rings. The number of rotatable bonds is 4. The molecule has 0 saturated heterocycles. The minimum atomic E-state index is -3.85. The zero-order chi connectivity index (χ0) is 16.6. The highest BCUT2D eigenvalue weighted by Gasteiger charge is 2.17. The van der Waals surface area contributed by atoms with Crippen molar-refractivity contribution in [2.75, 3.05) is 4.72 Å². The number of aliphatic hydroxyl groups excluding tert-OH is 1. The van der Waals surface area contributed by atoms with Gasteiger partial charge < -0.3 is 9.52 Å². The predicted octanol–water partition coefficient (Wildman–Crippen LogP) is 1.72. The second-order valence-electron chi connectivity index (χ2n) is 5.09. The monoisotopic (exact) mass is 334 g/mol. The molecule has 0 aliphatic rings. The lowest BCUT2D eigenvalue weighted by Gasteiger charge is -2.11. The van der Waals surface area contributed by atoms with Gasteiger partial charge in [-0.15, -0.1) is 0 Å². The van der Waals surface area contributed by atoms with Gasteiger partial charge in [0.1, 0.15) is 0 Å². The number of aromatic nitrogens is 1. The lowest BCUT2D eigenvalue weighted by Crippen LogP contribution is -2.14. The van der Waals surface area contributed by atoms with Crippen LogP contribution in [0.5, 0.6) is 0 Å². The van der Waals surface area contributed by atoms with E-state index in [9.17, 15) is 13.2 Å². The zero-order valence-corrected chi connectivity index (χ0v) is 13.0. The number of aromatic amines is 1. The lowest BCUT2D eigenvalue weighted by molar-refractivity contribution is 0.282. The van der Waals surface area contributed by atoms with Gasteiger partial charge in [-0.2, -0.15) is 0 Å². The van der Waals surface area contributed by atoms with Crippen LogP contribution >= 0.6 is 0 Å². The first-order valence-electron chi connectivity index (χ1n) is 6.75. The number of anilines is 1. The summed E-state index contributed by atoms with van der Waals surface area (Å²) in [6.45, 7) is 1.57. The Bertz CT molecular complexity index is 1030. The van der Waals surface area contributed by atoms with Crippen molar-refractivity contribution in [1.82, 2.24) is 4.98 Å². The van der Waals surface area contributed by atoms with Crippen molar-refractivity contribution < 1.29 is 17.9 Å². The Balaban J connectivity index is 2.01. The van der Waals surface area contributed by atoms with E-state index in [2.05, 4.69) is 9.71 Å². The number of hydrogen-bond donors (Lipinski definition) is 3. The van der Waals surface area contributed by atoms with Gasteiger partial charge in [-0.3, -0.25) is 9.71 Å². The SMILES string of the molecule is Cc1ccc(CO)cc1NS(=O)(=O)c1ccc2[nH]c(=O)oc2c1. The molecular formula is C15H14N2O5S. The molecule has 0 fully saturated rings. The molecule has 3 rings (SSSR count). The van der Waals surface area contributed by atoms with Crippen LogP contribution in [-0.2, 0) is 16.6 Å². The molecule has 3 N–H and O–H groups in total. The summed E-state index contributed by atoms with van der Waals surface area (Å²) >= 11 is 0. The van der Waals surface area contributed by atoms with Gasteiger partial charge in [-0.1, -0.05) is 12.1 Å².